The third-order valence-electron chi connectivity index (χ3n) is 3.45. The first-order valence-electron chi connectivity index (χ1n) is 6.19. The van der Waals surface area contributed by atoms with Crippen molar-refractivity contribution in [2.75, 3.05) is 7.05 Å². The number of carboxylic acids is 1. The Labute approximate surface area is 111 Å². The summed E-state index contributed by atoms with van der Waals surface area (Å²) in [5.74, 6) is -0.957. The van der Waals surface area contributed by atoms with Crippen LogP contribution in [-0.4, -0.2) is 39.6 Å². The fourth-order valence-corrected chi connectivity index (χ4v) is 2.06. The SMILES string of the molecule is CN(Cc1cccnc1)C(=O)NC1(C(=O)O)CCC1. The van der Waals surface area contributed by atoms with Crippen molar-refractivity contribution in [2.24, 2.45) is 0 Å². The standard InChI is InChI=1S/C13H17N3O3/c1-16(9-10-4-2-7-14-8-10)12(19)15-13(11(17)18)5-3-6-13/h2,4,7-8H,3,5-6,9H2,1H3,(H,15,19)(H,17,18). The number of urea groups is 1. The summed E-state index contributed by atoms with van der Waals surface area (Å²) >= 11 is 0. The van der Waals surface area contributed by atoms with E-state index < -0.39 is 11.5 Å². The van der Waals surface area contributed by atoms with Gasteiger partial charge in [-0.3, -0.25) is 4.98 Å². The highest BCUT2D eigenvalue weighted by atomic mass is 16.4. The molecule has 0 spiro atoms. The summed E-state index contributed by atoms with van der Waals surface area (Å²) in [6.07, 6.45) is 5.17. The minimum Gasteiger partial charge on any atom is -0.480 e. The van der Waals surface area contributed by atoms with E-state index in [0.29, 0.717) is 19.4 Å². The van der Waals surface area contributed by atoms with Crippen LogP contribution in [0.4, 0.5) is 4.79 Å². The molecule has 1 aliphatic rings. The van der Waals surface area contributed by atoms with Crippen molar-refractivity contribution >= 4 is 12.0 Å². The maximum absolute atomic E-state index is 12.0. The van der Waals surface area contributed by atoms with Gasteiger partial charge in [-0.1, -0.05) is 6.07 Å². The van der Waals surface area contributed by atoms with Gasteiger partial charge in [-0.15, -0.1) is 0 Å². The Balaban J connectivity index is 1.94. The van der Waals surface area contributed by atoms with Gasteiger partial charge in [0.1, 0.15) is 5.54 Å². The van der Waals surface area contributed by atoms with Crippen molar-refractivity contribution in [1.29, 1.82) is 0 Å². The number of carbonyl (C=O) groups is 2. The molecular formula is C13H17N3O3. The summed E-state index contributed by atoms with van der Waals surface area (Å²) in [6.45, 7) is 0.398. The fraction of sp³-hybridized carbons (Fsp3) is 0.462. The third kappa shape index (κ3) is 2.83. The molecule has 0 saturated heterocycles. The number of hydrogen-bond acceptors (Lipinski definition) is 3. The van der Waals surface area contributed by atoms with Gasteiger partial charge in [0.2, 0.25) is 0 Å². The monoisotopic (exact) mass is 263 g/mol. The van der Waals surface area contributed by atoms with Crippen LogP contribution in [0.5, 0.6) is 0 Å². The molecule has 2 rings (SSSR count). The maximum atomic E-state index is 12.0. The Bertz CT molecular complexity index is 471. The van der Waals surface area contributed by atoms with Gasteiger partial charge in [0.15, 0.2) is 0 Å². The van der Waals surface area contributed by atoms with Crippen molar-refractivity contribution in [3.63, 3.8) is 0 Å². The number of carbonyl (C=O) groups excluding carboxylic acids is 1. The molecule has 0 bridgehead atoms. The molecule has 2 amide bonds. The number of amides is 2. The zero-order chi connectivity index (χ0) is 13.9. The predicted molar refractivity (Wildman–Crippen MR) is 68.5 cm³/mol. The van der Waals surface area contributed by atoms with Crippen molar-refractivity contribution in [3.05, 3.63) is 30.1 Å². The molecule has 1 fully saturated rings. The van der Waals surface area contributed by atoms with Crippen LogP contribution in [0.25, 0.3) is 0 Å². The van der Waals surface area contributed by atoms with Crippen molar-refractivity contribution < 1.29 is 14.7 Å². The van der Waals surface area contributed by atoms with E-state index in [9.17, 15) is 9.59 Å². The number of nitrogens with one attached hydrogen (secondary N) is 1. The molecule has 1 aromatic rings. The van der Waals surface area contributed by atoms with Crippen LogP contribution in [0.3, 0.4) is 0 Å². The van der Waals surface area contributed by atoms with E-state index in [-0.39, 0.29) is 6.03 Å². The lowest BCUT2D eigenvalue weighted by Gasteiger charge is -2.39. The lowest BCUT2D eigenvalue weighted by molar-refractivity contribution is -0.148. The molecule has 2 N–H and O–H groups in total. The number of aliphatic carboxylic acids is 1. The Kier molecular flexibility index (Phi) is 3.69. The van der Waals surface area contributed by atoms with E-state index in [2.05, 4.69) is 10.3 Å². The highest BCUT2D eigenvalue weighted by molar-refractivity contribution is 5.87. The van der Waals surface area contributed by atoms with E-state index >= 15 is 0 Å². The number of carboxylic acid groups (broad SMARTS) is 1. The zero-order valence-electron chi connectivity index (χ0n) is 10.8. The number of pyridine rings is 1. The minimum atomic E-state index is -1.07. The van der Waals surface area contributed by atoms with Crippen LogP contribution < -0.4 is 5.32 Å². The van der Waals surface area contributed by atoms with Gasteiger partial charge in [0.25, 0.3) is 0 Å². The molecule has 102 valence electrons. The van der Waals surface area contributed by atoms with E-state index in [4.69, 9.17) is 5.11 Å². The smallest absolute Gasteiger partial charge is 0.329 e. The molecule has 6 heteroatoms. The molecule has 0 unspecified atom stereocenters. The van der Waals surface area contributed by atoms with E-state index in [0.717, 1.165) is 12.0 Å². The van der Waals surface area contributed by atoms with Gasteiger partial charge < -0.3 is 15.3 Å². The van der Waals surface area contributed by atoms with Crippen LogP contribution in [0.2, 0.25) is 0 Å². The summed E-state index contributed by atoms with van der Waals surface area (Å²) in [5, 5.41) is 11.8. The largest absolute Gasteiger partial charge is 0.480 e. The summed E-state index contributed by atoms with van der Waals surface area (Å²) in [4.78, 5) is 28.6. The normalized spacial score (nSPS) is 16.3. The number of hydrogen-bond donors (Lipinski definition) is 2. The Hall–Kier alpha value is -2.11. The van der Waals surface area contributed by atoms with Crippen LogP contribution in [0, 0.1) is 0 Å². The molecule has 6 nitrogen and oxygen atoms in total. The number of aromatic nitrogens is 1. The highest BCUT2D eigenvalue weighted by Crippen LogP contribution is 2.32. The molecule has 19 heavy (non-hydrogen) atoms. The fourth-order valence-electron chi connectivity index (χ4n) is 2.06. The molecule has 1 aromatic heterocycles. The zero-order valence-corrected chi connectivity index (χ0v) is 10.8. The van der Waals surface area contributed by atoms with Crippen LogP contribution in [0.1, 0.15) is 24.8 Å². The topological polar surface area (TPSA) is 82.5 Å². The maximum Gasteiger partial charge on any atom is 0.329 e. The number of rotatable bonds is 4. The summed E-state index contributed by atoms with van der Waals surface area (Å²) in [6, 6.07) is 3.30. The van der Waals surface area contributed by atoms with Gasteiger partial charge in [-0.25, -0.2) is 9.59 Å². The van der Waals surface area contributed by atoms with Gasteiger partial charge >= 0.3 is 12.0 Å². The van der Waals surface area contributed by atoms with Crippen LogP contribution >= 0.6 is 0 Å². The minimum absolute atomic E-state index is 0.369. The first-order valence-corrected chi connectivity index (χ1v) is 6.19. The Morgan fingerprint density at radius 2 is 2.26 bits per heavy atom. The molecule has 0 radical (unpaired) electrons. The van der Waals surface area contributed by atoms with Gasteiger partial charge in [0, 0.05) is 26.0 Å². The van der Waals surface area contributed by atoms with Crippen molar-refractivity contribution in [2.45, 2.75) is 31.3 Å². The lowest BCUT2D eigenvalue weighted by Crippen LogP contribution is -2.61. The summed E-state index contributed by atoms with van der Waals surface area (Å²) in [5.41, 5.74) is -0.168. The van der Waals surface area contributed by atoms with Crippen LogP contribution in [0.15, 0.2) is 24.5 Å². The van der Waals surface area contributed by atoms with Gasteiger partial charge in [0.05, 0.1) is 0 Å². The van der Waals surface area contributed by atoms with Gasteiger partial charge in [-0.05, 0) is 30.9 Å². The Morgan fingerprint density at radius 1 is 1.53 bits per heavy atom. The third-order valence-corrected chi connectivity index (χ3v) is 3.45. The average Bonchev–Trinajstić information content (AvgIpc) is 2.34. The second-order valence-corrected chi connectivity index (χ2v) is 4.89. The molecule has 1 saturated carbocycles. The lowest BCUT2D eigenvalue weighted by atomic mass is 9.77. The molecular weight excluding hydrogens is 246 g/mol. The Morgan fingerprint density at radius 3 is 2.74 bits per heavy atom. The van der Waals surface area contributed by atoms with Crippen LogP contribution in [-0.2, 0) is 11.3 Å². The molecule has 0 aliphatic heterocycles. The first kappa shape index (κ1) is 13.3. The molecule has 1 heterocycles. The highest BCUT2D eigenvalue weighted by Gasteiger charge is 2.46. The second-order valence-electron chi connectivity index (χ2n) is 4.89. The van der Waals surface area contributed by atoms with E-state index in [1.54, 1.807) is 25.5 Å². The summed E-state index contributed by atoms with van der Waals surface area (Å²) in [7, 11) is 1.64. The molecule has 1 aliphatic carbocycles. The molecule has 0 atom stereocenters. The first-order chi connectivity index (χ1) is 9.03. The number of nitrogens with zero attached hydrogens (tertiary/aromatic N) is 2. The average molecular weight is 263 g/mol. The van der Waals surface area contributed by atoms with Gasteiger partial charge in [-0.2, -0.15) is 0 Å². The van der Waals surface area contributed by atoms with Crippen molar-refractivity contribution in [3.8, 4) is 0 Å². The molecule has 0 aromatic carbocycles. The summed E-state index contributed by atoms with van der Waals surface area (Å²) < 4.78 is 0. The quantitative estimate of drug-likeness (QED) is 0.856. The van der Waals surface area contributed by atoms with Crippen molar-refractivity contribution in [1.82, 2.24) is 15.2 Å². The second kappa shape index (κ2) is 5.26. The van der Waals surface area contributed by atoms with E-state index in [1.807, 2.05) is 6.07 Å². The predicted octanol–water partition coefficient (Wildman–Crippen LogP) is 1.23. The van der Waals surface area contributed by atoms with E-state index in [1.165, 1.54) is 4.90 Å².